The van der Waals surface area contributed by atoms with Crippen molar-refractivity contribution < 1.29 is 22.0 Å². The number of carbonyl (C=O) groups is 1. The summed E-state index contributed by atoms with van der Waals surface area (Å²) in [7, 11) is -3.67. The van der Waals surface area contributed by atoms with Crippen LogP contribution in [0.5, 0.6) is 0 Å². The average molecular weight is 362 g/mol. The van der Waals surface area contributed by atoms with E-state index >= 15 is 0 Å². The van der Waals surface area contributed by atoms with Crippen molar-refractivity contribution in [1.82, 2.24) is 5.32 Å². The molecule has 0 aliphatic rings. The fraction of sp³-hybridized carbons (Fsp3) is 0.562. The molecule has 0 radical (unpaired) electrons. The Balaban J connectivity index is 2.72. The van der Waals surface area contributed by atoms with E-state index in [0.29, 0.717) is 5.92 Å². The Bertz CT molecular complexity index is 678. The zero-order valence-electron chi connectivity index (χ0n) is 14.3. The fourth-order valence-electron chi connectivity index (χ4n) is 2.00. The number of nitrogens with one attached hydrogen (secondary N) is 1. The number of amides is 1. The van der Waals surface area contributed by atoms with E-state index in [0.717, 1.165) is 22.7 Å². The highest BCUT2D eigenvalue weighted by atomic mass is 32.2. The van der Waals surface area contributed by atoms with E-state index in [1.54, 1.807) is 0 Å². The predicted octanol–water partition coefficient (Wildman–Crippen LogP) is 2.67. The highest BCUT2D eigenvalue weighted by molar-refractivity contribution is 7.92. The maximum atomic E-state index is 13.3. The first kappa shape index (κ1) is 20.3. The number of benzene rings is 1. The molecule has 1 atom stereocenters. The molecule has 0 bridgehead atoms. The molecule has 0 aromatic heterocycles. The third kappa shape index (κ3) is 6.07. The van der Waals surface area contributed by atoms with E-state index < -0.39 is 21.7 Å². The van der Waals surface area contributed by atoms with Crippen LogP contribution >= 0.6 is 0 Å². The molecule has 0 saturated heterocycles. The van der Waals surface area contributed by atoms with Crippen LogP contribution in [0.25, 0.3) is 0 Å². The zero-order valence-corrected chi connectivity index (χ0v) is 15.2. The maximum absolute atomic E-state index is 13.3. The summed E-state index contributed by atoms with van der Waals surface area (Å²) in [6.45, 7) is 5.87. The van der Waals surface area contributed by atoms with Crippen molar-refractivity contribution in [1.29, 1.82) is 0 Å². The van der Waals surface area contributed by atoms with Gasteiger partial charge >= 0.3 is 0 Å². The molecule has 0 spiro atoms. The number of sulfonamides is 1. The Labute approximate surface area is 142 Å². The summed E-state index contributed by atoms with van der Waals surface area (Å²) in [5.41, 5.74) is 0.0346. The molecule has 0 fully saturated rings. The predicted molar refractivity (Wildman–Crippen MR) is 90.2 cm³/mol. The maximum Gasteiger partial charge on any atom is 0.232 e. The van der Waals surface area contributed by atoms with Crippen molar-refractivity contribution >= 4 is 21.6 Å². The van der Waals surface area contributed by atoms with E-state index in [4.69, 9.17) is 0 Å². The number of hydrogen-bond donors (Lipinski definition) is 1. The van der Waals surface area contributed by atoms with Gasteiger partial charge in [0.25, 0.3) is 0 Å². The van der Waals surface area contributed by atoms with Crippen molar-refractivity contribution in [2.24, 2.45) is 5.92 Å². The van der Waals surface area contributed by atoms with E-state index in [1.165, 1.54) is 6.07 Å². The molecule has 0 aliphatic heterocycles. The van der Waals surface area contributed by atoms with Gasteiger partial charge in [0.15, 0.2) is 11.6 Å². The molecule has 0 unspecified atom stereocenters. The van der Waals surface area contributed by atoms with Crippen molar-refractivity contribution in [3.05, 3.63) is 29.8 Å². The number of carbonyl (C=O) groups excluding carboxylic acids is 1. The average Bonchev–Trinajstić information content (AvgIpc) is 2.45. The van der Waals surface area contributed by atoms with Gasteiger partial charge in [-0.15, -0.1) is 0 Å². The van der Waals surface area contributed by atoms with Gasteiger partial charge in [0, 0.05) is 25.1 Å². The summed E-state index contributed by atoms with van der Waals surface area (Å²) in [5, 5.41) is 2.83. The second-order valence-corrected chi connectivity index (χ2v) is 8.04. The fourth-order valence-corrected chi connectivity index (χ4v) is 2.96. The summed E-state index contributed by atoms with van der Waals surface area (Å²) >= 11 is 0. The Kier molecular flexibility index (Phi) is 7.13. The molecule has 1 N–H and O–H groups in total. The molecule has 0 aliphatic carbocycles. The first-order chi connectivity index (χ1) is 11.0. The molecular weight excluding hydrogens is 338 g/mol. The van der Waals surface area contributed by atoms with Gasteiger partial charge in [0.1, 0.15) is 0 Å². The zero-order chi connectivity index (χ0) is 18.5. The lowest BCUT2D eigenvalue weighted by Crippen LogP contribution is -2.37. The molecule has 8 heteroatoms. The van der Waals surface area contributed by atoms with E-state index in [-0.39, 0.29) is 37.0 Å². The van der Waals surface area contributed by atoms with Gasteiger partial charge in [-0.25, -0.2) is 17.2 Å². The summed E-state index contributed by atoms with van der Waals surface area (Å²) in [5.74, 6) is -2.04. The quantitative estimate of drug-likeness (QED) is 0.773. The normalized spacial score (nSPS) is 13.0. The van der Waals surface area contributed by atoms with Crippen LogP contribution in [0.1, 0.15) is 33.6 Å². The molecule has 0 heterocycles. The van der Waals surface area contributed by atoms with Crippen LogP contribution in [0.2, 0.25) is 0 Å². The van der Waals surface area contributed by atoms with E-state index in [1.807, 2.05) is 20.8 Å². The lowest BCUT2D eigenvalue weighted by molar-refractivity contribution is -0.122. The second kappa shape index (κ2) is 8.41. The Morgan fingerprint density at radius 2 is 1.83 bits per heavy atom. The third-order valence-electron chi connectivity index (χ3n) is 3.75. The first-order valence-electron chi connectivity index (χ1n) is 7.74. The minimum absolute atomic E-state index is 0.00733. The highest BCUT2D eigenvalue weighted by Gasteiger charge is 2.19. The van der Waals surface area contributed by atoms with Crippen molar-refractivity contribution in [3.63, 3.8) is 0 Å². The number of halogens is 2. The standard InChI is InChI=1S/C16H24F2N2O3S/c1-11(2)12(3)19-16(21)6-5-9-20(24(4,22)23)13-7-8-14(17)15(18)10-13/h7-8,10-12H,5-6,9H2,1-4H3,(H,19,21)/t12-/m0/s1. The monoisotopic (exact) mass is 362 g/mol. The number of hydrogen-bond acceptors (Lipinski definition) is 3. The Morgan fingerprint density at radius 1 is 1.21 bits per heavy atom. The summed E-state index contributed by atoms with van der Waals surface area (Å²) in [6.07, 6.45) is 1.39. The molecule has 1 rings (SSSR count). The van der Waals surface area contributed by atoms with Crippen LogP contribution in [0.3, 0.4) is 0 Å². The van der Waals surface area contributed by atoms with Crippen LogP contribution in [0.15, 0.2) is 18.2 Å². The lowest BCUT2D eigenvalue weighted by Gasteiger charge is -2.23. The Morgan fingerprint density at radius 3 is 2.33 bits per heavy atom. The van der Waals surface area contributed by atoms with Crippen LogP contribution in [0.4, 0.5) is 14.5 Å². The van der Waals surface area contributed by atoms with E-state index in [2.05, 4.69) is 5.32 Å². The number of anilines is 1. The molecule has 1 aromatic carbocycles. The minimum atomic E-state index is -3.67. The summed E-state index contributed by atoms with van der Waals surface area (Å²) in [6, 6.07) is 2.92. The first-order valence-corrected chi connectivity index (χ1v) is 9.59. The molecule has 5 nitrogen and oxygen atoms in total. The van der Waals surface area contributed by atoms with Gasteiger partial charge in [-0.05, 0) is 31.4 Å². The number of rotatable bonds is 8. The molecule has 24 heavy (non-hydrogen) atoms. The van der Waals surface area contributed by atoms with Gasteiger partial charge in [0.2, 0.25) is 15.9 Å². The molecule has 0 saturated carbocycles. The minimum Gasteiger partial charge on any atom is -0.353 e. The van der Waals surface area contributed by atoms with Crippen LogP contribution in [0, 0.1) is 17.6 Å². The van der Waals surface area contributed by atoms with Crippen molar-refractivity contribution in [2.45, 2.75) is 39.7 Å². The lowest BCUT2D eigenvalue weighted by atomic mass is 10.1. The number of nitrogens with zero attached hydrogens (tertiary/aromatic N) is 1. The largest absolute Gasteiger partial charge is 0.353 e. The third-order valence-corrected chi connectivity index (χ3v) is 4.94. The molecular formula is C16H24F2N2O3S. The van der Waals surface area contributed by atoms with Crippen LogP contribution in [-0.4, -0.2) is 33.2 Å². The van der Waals surface area contributed by atoms with Crippen molar-refractivity contribution in [3.8, 4) is 0 Å². The van der Waals surface area contributed by atoms with Gasteiger partial charge in [0.05, 0.1) is 11.9 Å². The van der Waals surface area contributed by atoms with E-state index in [9.17, 15) is 22.0 Å². The van der Waals surface area contributed by atoms with Gasteiger partial charge in [-0.1, -0.05) is 13.8 Å². The molecule has 136 valence electrons. The van der Waals surface area contributed by atoms with Crippen LogP contribution in [-0.2, 0) is 14.8 Å². The van der Waals surface area contributed by atoms with Crippen LogP contribution < -0.4 is 9.62 Å². The molecule has 1 amide bonds. The molecule has 1 aromatic rings. The highest BCUT2D eigenvalue weighted by Crippen LogP contribution is 2.21. The Hall–Kier alpha value is -1.70. The van der Waals surface area contributed by atoms with Gasteiger partial charge in [-0.3, -0.25) is 9.10 Å². The summed E-state index contributed by atoms with van der Waals surface area (Å²) < 4.78 is 51.1. The summed E-state index contributed by atoms with van der Waals surface area (Å²) in [4.78, 5) is 11.8. The van der Waals surface area contributed by atoms with Crippen molar-refractivity contribution in [2.75, 3.05) is 17.1 Å². The topological polar surface area (TPSA) is 66.5 Å². The van der Waals surface area contributed by atoms with Gasteiger partial charge < -0.3 is 5.32 Å². The second-order valence-electron chi connectivity index (χ2n) is 6.14. The smallest absolute Gasteiger partial charge is 0.232 e. The van der Waals surface area contributed by atoms with Gasteiger partial charge in [-0.2, -0.15) is 0 Å². The SMILES string of the molecule is CC(C)[C@H](C)NC(=O)CCCN(c1ccc(F)c(F)c1)S(C)(=O)=O.